The average molecular weight is 607 g/mol. The third-order valence-electron chi connectivity index (χ3n) is 7.95. The van der Waals surface area contributed by atoms with E-state index in [-0.39, 0.29) is 11.7 Å². The molecule has 9 nitrogen and oxygen atoms in total. The lowest BCUT2D eigenvalue weighted by atomic mass is 10.0. The number of benzene rings is 2. The molecule has 3 aromatic rings. The van der Waals surface area contributed by atoms with Crippen LogP contribution in [0.4, 0.5) is 5.69 Å². The first-order valence-corrected chi connectivity index (χ1v) is 15.7. The Morgan fingerprint density at radius 3 is 2.48 bits per heavy atom. The van der Waals surface area contributed by atoms with E-state index in [0.717, 1.165) is 49.2 Å². The van der Waals surface area contributed by atoms with E-state index in [1.165, 1.54) is 0 Å². The van der Waals surface area contributed by atoms with Gasteiger partial charge in [0, 0.05) is 46.8 Å². The average Bonchev–Trinajstić information content (AvgIpc) is 3.37. The summed E-state index contributed by atoms with van der Waals surface area (Å²) in [7, 11) is -3.86. The first-order chi connectivity index (χ1) is 19.2. The molecule has 2 saturated carbocycles. The molecule has 1 saturated heterocycles. The van der Waals surface area contributed by atoms with Crippen molar-refractivity contribution in [3.63, 3.8) is 0 Å². The second-order valence-corrected chi connectivity index (χ2v) is 13.3. The SMILES string of the molecule is O=C(NS(=O)(=O)CCO)c1ccc(N2C[C@@H]3C[C@H]2C[C@H]3OCc2c(-c3c(Cl)cccc3Cl)noc2C2CC2)cc1. The predicted octanol–water partition coefficient (Wildman–Crippen LogP) is 4.76. The number of rotatable bonds is 10. The van der Waals surface area contributed by atoms with Crippen LogP contribution in [0.3, 0.4) is 0 Å². The van der Waals surface area contributed by atoms with Gasteiger partial charge in [-0.25, -0.2) is 13.1 Å². The molecule has 3 fully saturated rings. The minimum Gasteiger partial charge on any atom is -0.395 e. The molecular weight excluding hydrogens is 577 g/mol. The molecule has 2 aliphatic carbocycles. The molecule has 2 heterocycles. The van der Waals surface area contributed by atoms with Crippen molar-refractivity contribution in [3.05, 3.63) is 69.4 Å². The van der Waals surface area contributed by atoms with E-state index in [1.54, 1.807) is 30.3 Å². The number of hydrogen-bond donors (Lipinski definition) is 2. The summed E-state index contributed by atoms with van der Waals surface area (Å²) >= 11 is 13.0. The number of nitrogens with zero attached hydrogens (tertiary/aromatic N) is 2. The largest absolute Gasteiger partial charge is 0.395 e. The molecule has 0 spiro atoms. The van der Waals surface area contributed by atoms with Crippen LogP contribution >= 0.6 is 23.2 Å². The Hall–Kier alpha value is -2.63. The molecule has 1 aromatic heterocycles. The summed E-state index contributed by atoms with van der Waals surface area (Å²) < 4.78 is 37.8. The van der Waals surface area contributed by atoms with E-state index in [9.17, 15) is 13.2 Å². The molecule has 6 rings (SSSR count). The fourth-order valence-corrected chi connectivity index (χ4v) is 7.16. The molecule has 1 aliphatic heterocycles. The van der Waals surface area contributed by atoms with Crippen molar-refractivity contribution in [2.24, 2.45) is 5.92 Å². The zero-order valence-corrected chi connectivity index (χ0v) is 23.9. The molecule has 3 aliphatic rings. The van der Waals surface area contributed by atoms with Gasteiger partial charge in [-0.05, 0) is 62.1 Å². The Morgan fingerprint density at radius 1 is 1.12 bits per heavy atom. The number of aromatic nitrogens is 1. The van der Waals surface area contributed by atoms with E-state index in [2.05, 4.69) is 10.1 Å². The maximum atomic E-state index is 12.3. The van der Waals surface area contributed by atoms with Crippen LogP contribution in [-0.2, 0) is 21.4 Å². The third-order valence-corrected chi connectivity index (χ3v) is 9.80. The standard InChI is InChI=1S/C28H29Cl2N3O6S/c29-22-2-1-3-23(30)25(22)26-21(27(39-31-26)16-4-5-16)15-38-24-13-20-12-18(24)14-33(20)19-8-6-17(7-9-19)28(35)32-40(36,37)11-10-34/h1-3,6-9,16,18,20,24,34H,4-5,10-15H2,(H,32,35)/t18-,20-,24+/m0/s1. The lowest BCUT2D eigenvalue weighted by Crippen LogP contribution is -2.38. The smallest absolute Gasteiger partial charge is 0.264 e. The molecule has 2 aromatic carbocycles. The fourth-order valence-electron chi connectivity index (χ4n) is 5.84. The van der Waals surface area contributed by atoms with Gasteiger partial charge in [-0.15, -0.1) is 0 Å². The maximum absolute atomic E-state index is 12.3. The van der Waals surface area contributed by atoms with Crippen LogP contribution in [0.2, 0.25) is 10.0 Å². The number of carbonyl (C=O) groups excluding carboxylic acids is 1. The van der Waals surface area contributed by atoms with Gasteiger partial charge in [0.15, 0.2) is 0 Å². The second-order valence-electron chi connectivity index (χ2n) is 10.7. The minimum absolute atomic E-state index is 0.0968. The Bertz CT molecular complexity index is 1500. The number of nitrogens with one attached hydrogen (secondary N) is 1. The summed E-state index contributed by atoms with van der Waals surface area (Å²) in [6.07, 6.45) is 4.12. The normalized spacial score (nSPS) is 22.2. The highest BCUT2D eigenvalue weighted by molar-refractivity contribution is 7.90. The minimum atomic E-state index is -3.86. The van der Waals surface area contributed by atoms with Gasteiger partial charge in [0.25, 0.3) is 5.91 Å². The molecule has 212 valence electrons. The number of hydrogen-bond acceptors (Lipinski definition) is 8. The van der Waals surface area contributed by atoms with Crippen LogP contribution in [0.15, 0.2) is 47.0 Å². The van der Waals surface area contributed by atoms with Gasteiger partial charge in [-0.2, -0.15) is 0 Å². The van der Waals surface area contributed by atoms with E-state index >= 15 is 0 Å². The molecular formula is C28H29Cl2N3O6S. The zero-order chi connectivity index (χ0) is 28.0. The summed E-state index contributed by atoms with van der Waals surface area (Å²) in [4.78, 5) is 14.6. The van der Waals surface area contributed by atoms with E-state index in [1.807, 2.05) is 16.9 Å². The number of carbonyl (C=O) groups is 1. The van der Waals surface area contributed by atoms with Crippen molar-refractivity contribution in [1.29, 1.82) is 0 Å². The summed E-state index contributed by atoms with van der Waals surface area (Å²) in [6.45, 7) is 0.651. The van der Waals surface area contributed by atoms with Crippen molar-refractivity contribution >= 4 is 44.8 Å². The van der Waals surface area contributed by atoms with Gasteiger partial charge in [-0.1, -0.05) is 34.4 Å². The monoisotopic (exact) mass is 605 g/mol. The number of piperidine rings is 1. The van der Waals surface area contributed by atoms with Crippen LogP contribution in [-0.4, -0.2) is 55.6 Å². The van der Waals surface area contributed by atoms with E-state index < -0.39 is 28.3 Å². The number of halogens is 2. The van der Waals surface area contributed by atoms with Gasteiger partial charge in [0.2, 0.25) is 10.0 Å². The quantitative estimate of drug-likeness (QED) is 0.339. The number of aliphatic hydroxyl groups excluding tert-OH is 1. The molecule has 0 unspecified atom stereocenters. The number of amides is 1. The molecule has 1 amide bonds. The third kappa shape index (κ3) is 5.47. The first kappa shape index (κ1) is 27.5. The van der Waals surface area contributed by atoms with Gasteiger partial charge >= 0.3 is 0 Å². The number of fused-ring (bicyclic) bond motifs is 2. The van der Waals surface area contributed by atoms with Crippen LogP contribution < -0.4 is 9.62 Å². The van der Waals surface area contributed by atoms with Gasteiger partial charge in [0.05, 0.1) is 35.1 Å². The molecule has 2 bridgehead atoms. The predicted molar refractivity (Wildman–Crippen MR) is 151 cm³/mol. The maximum Gasteiger partial charge on any atom is 0.264 e. The topological polar surface area (TPSA) is 122 Å². The summed E-state index contributed by atoms with van der Waals surface area (Å²) in [6, 6.07) is 12.6. The highest BCUT2D eigenvalue weighted by Gasteiger charge is 2.45. The number of anilines is 1. The second kappa shape index (κ2) is 11.0. The number of aliphatic hydroxyl groups is 1. The highest BCUT2D eigenvalue weighted by atomic mass is 35.5. The summed E-state index contributed by atoms with van der Waals surface area (Å²) in [5.74, 6) is 0.340. The lowest BCUT2D eigenvalue weighted by Gasteiger charge is -2.33. The Kier molecular flexibility index (Phi) is 7.56. The van der Waals surface area contributed by atoms with Crippen molar-refractivity contribution in [2.75, 3.05) is 23.8 Å². The summed E-state index contributed by atoms with van der Waals surface area (Å²) in [5, 5.41) is 14.3. The number of ether oxygens (including phenoxy) is 1. The first-order valence-electron chi connectivity index (χ1n) is 13.3. The molecule has 12 heteroatoms. The van der Waals surface area contributed by atoms with Crippen LogP contribution in [0.25, 0.3) is 11.3 Å². The Balaban J connectivity index is 1.11. The van der Waals surface area contributed by atoms with Crippen LogP contribution in [0.5, 0.6) is 0 Å². The van der Waals surface area contributed by atoms with E-state index in [4.69, 9.17) is 37.6 Å². The summed E-state index contributed by atoms with van der Waals surface area (Å²) in [5.41, 5.74) is 3.46. The van der Waals surface area contributed by atoms with Gasteiger partial charge < -0.3 is 19.3 Å². The van der Waals surface area contributed by atoms with Crippen LogP contribution in [0.1, 0.15) is 53.3 Å². The molecule has 40 heavy (non-hydrogen) atoms. The van der Waals surface area contributed by atoms with Crippen molar-refractivity contribution in [1.82, 2.24) is 9.88 Å². The van der Waals surface area contributed by atoms with Crippen molar-refractivity contribution < 1.29 is 27.6 Å². The lowest BCUT2D eigenvalue weighted by molar-refractivity contribution is 0.0122. The molecule has 0 radical (unpaired) electrons. The van der Waals surface area contributed by atoms with Crippen LogP contribution in [0, 0.1) is 5.92 Å². The zero-order valence-electron chi connectivity index (χ0n) is 21.6. The van der Waals surface area contributed by atoms with Gasteiger partial charge in [-0.3, -0.25) is 4.79 Å². The molecule has 3 atom stereocenters. The molecule has 2 N–H and O–H groups in total. The Morgan fingerprint density at radius 2 is 1.85 bits per heavy atom. The van der Waals surface area contributed by atoms with E-state index in [0.29, 0.717) is 45.8 Å². The van der Waals surface area contributed by atoms with Crippen molar-refractivity contribution in [3.8, 4) is 11.3 Å². The van der Waals surface area contributed by atoms with Gasteiger partial charge in [0.1, 0.15) is 11.5 Å². The van der Waals surface area contributed by atoms with Crippen molar-refractivity contribution in [2.45, 2.75) is 50.4 Å². The highest BCUT2D eigenvalue weighted by Crippen LogP contribution is 2.47. The Labute approximate surface area is 242 Å². The number of sulfonamides is 1. The fraction of sp³-hybridized carbons (Fsp3) is 0.429.